The smallest absolute Gasteiger partial charge is 0.317 e. The van der Waals surface area contributed by atoms with Crippen LogP contribution in [0.5, 0.6) is 0 Å². The van der Waals surface area contributed by atoms with Crippen LogP contribution in [-0.4, -0.2) is 65.7 Å². The van der Waals surface area contributed by atoms with Crippen molar-refractivity contribution in [2.45, 2.75) is 38.3 Å². The summed E-state index contributed by atoms with van der Waals surface area (Å²) in [6, 6.07) is 0.921. The van der Waals surface area contributed by atoms with Gasteiger partial charge in [-0.1, -0.05) is 6.92 Å². The lowest BCUT2D eigenvalue weighted by Crippen LogP contribution is -2.46. The van der Waals surface area contributed by atoms with Crippen molar-refractivity contribution in [3.63, 3.8) is 0 Å². The maximum atomic E-state index is 12.1. The molecular formula is C13H23N3O3. The summed E-state index contributed by atoms with van der Waals surface area (Å²) in [6.07, 6.45) is 3.39. The van der Waals surface area contributed by atoms with E-state index in [1.807, 2.05) is 4.90 Å². The number of likely N-dealkylation sites (tertiary alicyclic amines) is 1. The number of nitrogens with one attached hydrogen (secondary N) is 1. The number of amides is 2. The van der Waals surface area contributed by atoms with Gasteiger partial charge in [-0.3, -0.25) is 9.69 Å². The second kappa shape index (κ2) is 5.77. The number of hydrogen-bond acceptors (Lipinski definition) is 3. The van der Waals surface area contributed by atoms with Crippen LogP contribution in [0.2, 0.25) is 0 Å². The Labute approximate surface area is 113 Å². The number of likely N-dealkylation sites (N-methyl/N-ethyl adjacent to an activating group) is 1. The molecule has 6 heteroatoms. The molecule has 0 aromatic rings. The Morgan fingerprint density at radius 1 is 1.32 bits per heavy atom. The van der Waals surface area contributed by atoms with Gasteiger partial charge >= 0.3 is 12.0 Å². The Balaban J connectivity index is 1.85. The Hall–Kier alpha value is -1.30. The highest BCUT2D eigenvalue weighted by Gasteiger charge is 2.35. The highest BCUT2D eigenvalue weighted by atomic mass is 16.4. The van der Waals surface area contributed by atoms with E-state index in [0.717, 1.165) is 25.9 Å². The van der Waals surface area contributed by atoms with E-state index >= 15 is 0 Å². The van der Waals surface area contributed by atoms with E-state index in [2.05, 4.69) is 17.3 Å². The predicted octanol–water partition coefficient (Wildman–Crippen LogP) is 0.585. The number of carboxylic acid groups (broad SMARTS) is 1. The van der Waals surface area contributed by atoms with Crippen molar-refractivity contribution in [3.8, 4) is 0 Å². The van der Waals surface area contributed by atoms with Gasteiger partial charge in [0, 0.05) is 31.7 Å². The summed E-state index contributed by atoms with van der Waals surface area (Å²) in [6.45, 7) is 3.30. The van der Waals surface area contributed by atoms with Gasteiger partial charge in [0.05, 0.1) is 5.92 Å². The van der Waals surface area contributed by atoms with Gasteiger partial charge in [0.1, 0.15) is 0 Å². The summed E-state index contributed by atoms with van der Waals surface area (Å²) in [5.41, 5.74) is 0. The van der Waals surface area contributed by atoms with Crippen LogP contribution < -0.4 is 5.32 Å². The zero-order chi connectivity index (χ0) is 14.0. The zero-order valence-corrected chi connectivity index (χ0v) is 11.6. The first-order valence-electron chi connectivity index (χ1n) is 6.96. The topological polar surface area (TPSA) is 72.9 Å². The van der Waals surface area contributed by atoms with Gasteiger partial charge in [-0.05, 0) is 26.3 Å². The molecule has 0 spiro atoms. The molecule has 2 aliphatic heterocycles. The molecule has 2 bridgehead atoms. The summed E-state index contributed by atoms with van der Waals surface area (Å²) < 4.78 is 0. The van der Waals surface area contributed by atoms with Crippen LogP contribution in [0.4, 0.5) is 4.79 Å². The van der Waals surface area contributed by atoms with Crippen molar-refractivity contribution in [2.75, 3.05) is 26.7 Å². The van der Waals surface area contributed by atoms with E-state index in [4.69, 9.17) is 5.11 Å². The molecular weight excluding hydrogens is 246 g/mol. The molecule has 19 heavy (non-hydrogen) atoms. The van der Waals surface area contributed by atoms with Crippen molar-refractivity contribution in [1.82, 2.24) is 15.1 Å². The second-order valence-corrected chi connectivity index (χ2v) is 5.71. The van der Waals surface area contributed by atoms with Crippen molar-refractivity contribution < 1.29 is 14.7 Å². The molecule has 2 heterocycles. The standard InChI is InChI=1S/C13H23N3O3/c1-9(12(17)18)7-14-13(19)16-6-5-10-3-4-11(8-16)15(10)2/h9-11H,3-8H2,1-2H3,(H,14,19)(H,17,18). The first kappa shape index (κ1) is 14.1. The number of carbonyl (C=O) groups is 2. The fraction of sp³-hybridized carbons (Fsp3) is 0.846. The van der Waals surface area contributed by atoms with E-state index in [-0.39, 0.29) is 12.6 Å². The van der Waals surface area contributed by atoms with Crippen molar-refractivity contribution in [2.24, 2.45) is 5.92 Å². The molecule has 2 rings (SSSR count). The molecule has 3 unspecified atom stereocenters. The number of carbonyl (C=O) groups excluding carboxylic acids is 1. The summed E-state index contributed by atoms with van der Waals surface area (Å²) in [4.78, 5) is 27.0. The molecule has 2 N–H and O–H groups in total. The van der Waals surface area contributed by atoms with E-state index in [9.17, 15) is 9.59 Å². The first-order chi connectivity index (χ1) is 8.99. The summed E-state index contributed by atoms with van der Waals surface area (Å²) >= 11 is 0. The van der Waals surface area contributed by atoms with Gasteiger partial charge in [0.25, 0.3) is 0 Å². The molecule has 3 atom stereocenters. The van der Waals surface area contributed by atoms with Gasteiger partial charge in [-0.2, -0.15) is 0 Å². The van der Waals surface area contributed by atoms with Crippen molar-refractivity contribution >= 4 is 12.0 Å². The average molecular weight is 269 g/mol. The zero-order valence-electron chi connectivity index (χ0n) is 11.6. The predicted molar refractivity (Wildman–Crippen MR) is 71.0 cm³/mol. The molecule has 0 radical (unpaired) electrons. The minimum absolute atomic E-state index is 0.131. The number of fused-ring (bicyclic) bond motifs is 2. The molecule has 0 aromatic carbocycles. The minimum atomic E-state index is -0.880. The maximum Gasteiger partial charge on any atom is 0.317 e. The molecule has 0 aliphatic carbocycles. The third-order valence-corrected chi connectivity index (χ3v) is 4.42. The molecule has 108 valence electrons. The Kier molecular flexibility index (Phi) is 4.29. The fourth-order valence-corrected chi connectivity index (χ4v) is 2.93. The van der Waals surface area contributed by atoms with Crippen LogP contribution >= 0.6 is 0 Å². The maximum absolute atomic E-state index is 12.1. The Morgan fingerprint density at radius 3 is 2.68 bits per heavy atom. The van der Waals surface area contributed by atoms with Crippen LogP contribution in [0, 0.1) is 5.92 Å². The molecule has 2 saturated heterocycles. The average Bonchev–Trinajstić information content (AvgIpc) is 2.59. The van der Waals surface area contributed by atoms with Gasteiger partial charge in [0.2, 0.25) is 0 Å². The first-order valence-corrected chi connectivity index (χ1v) is 6.96. The van der Waals surface area contributed by atoms with Gasteiger partial charge in [0.15, 0.2) is 0 Å². The largest absolute Gasteiger partial charge is 0.481 e. The molecule has 2 fully saturated rings. The molecule has 0 saturated carbocycles. The van der Waals surface area contributed by atoms with Crippen molar-refractivity contribution in [3.05, 3.63) is 0 Å². The van der Waals surface area contributed by atoms with Crippen LogP contribution in [0.3, 0.4) is 0 Å². The number of hydrogen-bond donors (Lipinski definition) is 2. The lowest BCUT2D eigenvalue weighted by atomic mass is 10.1. The lowest BCUT2D eigenvalue weighted by molar-refractivity contribution is -0.140. The minimum Gasteiger partial charge on any atom is -0.481 e. The number of carboxylic acids is 1. The van der Waals surface area contributed by atoms with Crippen LogP contribution in [-0.2, 0) is 4.79 Å². The fourth-order valence-electron chi connectivity index (χ4n) is 2.93. The number of nitrogens with zero attached hydrogens (tertiary/aromatic N) is 2. The number of rotatable bonds is 3. The van der Waals surface area contributed by atoms with Gasteiger partial charge in [-0.25, -0.2) is 4.79 Å². The summed E-state index contributed by atoms with van der Waals surface area (Å²) in [5, 5.41) is 11.5. The van der Waals surface area contributed by atoms with E-state index in [1.165, 1.54) is 6.42 Å². The molecule has 2 amide bonds. The van der Waals surface area contributed by atoms with E-state index < -0.39 is 11.9 Å². The van der Waals surface area contributed by atoms with Crippen LogP contribution in [0.1, 0.15) is 26.2 Å². The normalized spacial score (nSPS) is 28.8. The van der Waals surface area contributed by atoms with Gasteiger partial charge in [-0.15, -0.1) is 0 Å². The quantitative estimate of drug-likeness (QED) is 0.786. The highest BCUT2D eigenvalue weighted by molar-refractivity contribution is 5.76. The van der Waals surface area contributed by atoms with Crippen LogP contribution in [0.15, 0.2) is 0 Å². The molecule has 0 aromatic heterocycles. The van der Waals surface area contributed by atoms with Gasteiger partial charge < -0.3 is 15.3 Å². The van der Waals surface area contributed by atoms with E-state index in [0.29, 0.717) is 12.1 Å². The summed E-state index contributed by atoms with van der Waals surface area (Å²) in [7, 11) is 2.14. The highest BCUT2D eigenvalue weighted by Crippen LogP contribution is 2.28. The number of urea groups is 1. The third-order valence-electron chi connectivity index (χ3n) is 4.42. The molecule has 6 nitrogen and oxygen atoms in total. The Morgan fingerprint density at radius 2 is 2.00 bits per heavy atom. The third kappa shape index (κ3) is 3.18. The van der Waals surface area contributed by atoms with Crippen LogP contribution in [0.25, 0.3) is 0 Å². The second-order valence-electron chi connectivity index (χ2n) is 5.71. The monoisotopic (exact) mass is 269 g/mol. The SMILES string of the molecule is CC(CNC(=O)N1CCC2CCC(C1)N2C)C(=O)O. The summed E-state index contributed by atoms with van der Waals surface area (Å²) in [5.74, 6) is -1.43. The lowest BCUT2D eigenvalue weighted by Gasteiger charge is -2.26. The van der Waals surface area contributed by atoms with E-state index in [1.54, 1.807) is 6.92 Å². The molecule has 2 aliphatic rings. The Bertz CT molecular complexity index is 361. The number of aliphatic carboxylic acids is 1. The van der Waals surface area contributed by atoms with Crippen molar-refractivity contribution in [1.29, 1.82) is 0 Å².